The Bertz CT molecular complexity index is 1310. The standard InChI is InChI=1S/C25H24N4O10S2/c1-3-38-22(32)18-11-40-24(34)13-8-14(10-15(9-13)29(36)37)25(35)41-12-19(23(33)39-4-2)28-21(31)17-7-5-6-16(26-17)20(30)27-18/h5-10,18-19H,3-4,11-12H2,1-2H3,(H,27,30)(H,28,31)/t18-,19-/m1/s1. The zero-order valence-corrected chi connectivity index (χ0v) is 23.4. The monoisotopic (exact) mass is 604 g/mol. The Morgan fingerprint density at radius 2 is 1.32 bits per heavy atom. The van der Waals surface area contributed by atoms with Crippen molar-refractivity contribution in [3.8, 4) is 0 Å². The number of nitrogens with one attached hydrogen (secondary N) is 2. The van der Waals surface area contributed by atoms with Crippen molar-refractivity contribution in [2.45, 2.75) is 25.9 Å². The van der Waals surface area contributed by atoms with Gasteiger partial charge in [0.1, 0.15) is 23.5 Å². The van der Waals surface area contributed by atoms with E-state index in [4.69, 9.17) is 9.47 Å². The number of fused-ring (bicyclic) bond motifs is 4. The number of carbonyl (C=O) groups is 6. The molecule has 1 aromatic carbocycles. The molecule has 2 N–H and O–H groups in total. The van der Waals surface area contributed by atoms with E-state index >= 15 is 0 Å². The van der Waals surface area contributed by atoms with Crippen LogP contribution in [0.5, 0.6) is 0 Å². The molecule has 0 radical (unpaired) electrons. The van der Waals surface area contributed by atoms with Gasteiger partial charge in [0.2, 0.25) is 10.2 Å². The number of carbonyl (C=O) groups excluding carboxylic acids is 6. The number of thioether (sulfide) groups is 2. The van der Waals surface area contributed by atoms with Crippen molar-refractivity contribution in [1.29, 1.82) is 0 Å². The highest BCUT2D eigenvalue weighted by molar-refractivity contribution is 8.14. The summed E-state index contributed by atoms with van der Waals surface area (Å²) < 4.78 is 9.98. The topological polar surface area (TPSA) is 201 Å². The summed E-state index contributed by atoms with van der Waals surface area (Å²) in [6.45, 7) is 3.05. The molecule has 2 atom stereocenters. The van der Waals surface area contributed by atoms with E-state index in [2.05, 4.69) is 15.6 Å². The maximum Gasteiger partial charge on any atom is 0.329 e. The smallest absolute Gasteiger partial charge is 0.329 e. The SMILES string of the molecule is CCOC(=O)[C@H]1CSC(=O)c2cc(cc([N+](=O)[O-])c2)C(=O)SC[C@H](C(=O)OCC)NC(=O)c2cccc(n2)C(=O)N1. The van der Waals surface area contributed by atoms with Gasteiger partial charge < -0.3 is 20.1 Å². The van der Waals surface area contributed by atoms with Gasteiger partial charge >= 0.3 is 11.9 Å². The molecule has 3 rings (SSSR count). The predicted octanol–water partition coefficient (Wildman–Crippen LogP) is 1.77. The van der Waals surface area contributed by atoms with Crippen LogP contribution in [0, 0.1) is 10.1 Å². The molecule has 0 fully saturated rings. The molecule has 216 valence electrons. The van der Waals surface area contributed by atoms with Gasteiger partial charge in [0.15, 0.2) is 0 Å². The van der Waals surface area contributed by atoms with E-state index in [0.29, 0.717) is 23.5 Å². The summed E-state index contributed by atoms with van der Waals surface area (Å²) in [5.41, 5.74) is -1.43. The summed E-state index contributed by atoms with van der Waals surface area (Å²) in [4.78, 5) is 91.7. The first-order valence-corrected chi connectivity index (χ1v) is 14.1. The summed E-state index contributed by atoms with van der Waals surface area (Å²) in [6.07, 6.45) is 0. The molecule has 1 aromatic heterocycles. The highest BCUT2D eigenvalue weighted by Gasteiger charge is 2.29. The Labute approximate surface area is 241 Å². The Morgan fingerprint density at radius 1 is 0.878 bits per heavy atom. The molecular formula is C25H24N4O10S2. The number of esters is 2. The largest absolute Gasteiger partial charge is 0.464 e. The first-order chi connectivity index (χ1) is 19.5. The summed E-state index contributed by atoms with van der Waals surface area (Å²) in [5, 5.41) is 14.9. The third-order valence-corrected chi connectivity index (χ3v) is 7.33. The van der Waals surface area contributed by atoms with Crippen molar-refractivity contribution in [2.24, 2.45) is 0 Å². The first-order valence-electron chi connectivity index (χ1n) is 12.1. The number of hydrogen-bond donors (Lipinski definition) is 2. The molecule has 0 saturated heterocycles. The van der Waals surface area contributed by atoms with Gasteiger partial charge in [-0.3, -0.25) is 29.3 Å². The lowest BCUT2D eigenvalue weighted by molar-refractivity contribution is -0.384. The second kappa shape index (κ2) is 14.4. The number of benzene rings is 1. The van der Waals surface area contributed by atoms with Crippen molar-refractivity contribution in [2.75, 3.05) is 24.7 Å². The van der Waals surface area contributed by atoms with E-state index in [9.17, 15) is 38.9 Å². The van der Waals surface area contributed by atoms with Gasteiger partial charge in [-0.15, -0.1) is 0 Å². The number of amides is 2. The molecule has 1 aliphatic rings. The van der Waals surface area contributed by atoms with E-state index in [-0.39, 0.29) is 47.2 Å². The van der Waals surface area contributed by atoms with Gasteiger partial charge in [-0.05, 0) is 32.0 Å². The maximum atomic E-state index is 13.0. The minimum atomic E-state index is -1.34. The van der Waals surface area contributed by atoms with E-state index in [1.54, 1.807) is 13.8 Å². The molecule has 0 unspecified atom stereocenters. The lowest BCUT2D eigenvalue weighted by Gasteiger charge is -2.18. The van der Waals surface area contributed by atoms with Crippen LogP contribution in [-0.2, 0) is 19.1 Å². The van der Waals surface area contributed by atoms with Crippen LogP contribution in [0.4, 0.5) is 5.69 Å². The molecule has 2 aromatic rings. The van der Waals surface area contributed by atoms with Crippen LogP contribution in [0.1, 0.15) is 55.5 Å². The summed E-state index contributed by atoms with van der Waals surface area (Å²) >= 11 is 1.14. The number of non-ortho nitro benzene ring substituents is 1. The van der Waals surface area contributed by atoms with Crippen molar-refractivity contribution < 1.29 is 43.2 Å². The minimum absolute atomic E-state index is 0.0205. The third kappa shape index (κ3) is 8.34. The Hall–Kier alpha value is -4.31. The van der Waals surface area contributed by atoms with E-state index < -0.39 is 56.7 Å². The second-order valence-electron chi connectivity index (χ2n) is 8.19. The Balaban J connectivity index is 2.06. The van der Waals surface area contributed by atoms with Crippen LogP contribution >= 0.6 is 23.5 Å². The van der Waals surface area contributed by atoms with Gasteiger partial charge in [0.05, 0.1) is 18.1 Å². The van der Waals surface area contributed by atoms with Gasteiger partial charge in [0.25, 0.3) is 17.5 Å². The molecule has 16 heteroatoms. The average Bonchev–Trinajstić information content (AvgIpc) is 2.96. The van der Waals surface area contributed by atoms with Crippen LogP contribution in [0.2, 0.25) is 0 Å². The summed E-state index contributed by atoms with van der Waals surface area (Å²) in [5.74, 6) is -4.04. The van der Waals surface area contributed by atoms with Crippen molar-refractivity contribution in [3.63, 3.8) is 0 Å². The number of nitro groups is 1. The highest BCUT2D eigenvalue weighted by Crippen LogP contribution is 2.25. The Kier molecular flexibility index (Phi) is 10.9. The van der Waals surface area contributed by atoms with Crippen LogP contribution in [0.25, 0.3) is 0 Å². The molecule has 0 spiro atoms. The zero-order valence-electron chi connectivity index (χ0n) is 21.7. The number of nitrogens with zero attached hydrogens (tertiary/aromatic N) is 2. The van der Waals surface area contributed by atoms with E-state index in [1.165, 1.54) is 18.2 Å². The molecule has 14 nitrogen and oxygen atoms in total. The molecule has 0 saturated carbocycles. The number of rotatable bonds is 5. The molecule has 2 heterocycles. The van der Waals surface area contributed by atoms with Gasteiger partial charge in [-0.2, -0.15) is 0 Å². The third-order valence-electron chi connectivity index (χ3n) is 5.33. The van der Waals surface area contributed by atoms with E-state index in [0.717, 1.165) is 18.2 Å². The molecule has 0 aliphatic carbocycles. The van der Waals surface area contributed by atoms with Gasteiger partial charge in [-0.1, -0.05) is 29.6 Å². The zero-order chi connectivity index (χ0) is 30.1. The number of pyridine rings is 1. The van der Waals surface area contributed by atoms with Crippen LogP contribution < -0.4 is 10.6 Å². The quantitative estimate of drug-likeness (QED) is 0.284. The van der Waals surface area contributed by atoms with Crippen molar-refractivity contribution in [1.82, 2.24) is 15.6 Å². The lowest BCUT2D eigenvalue weighted by atomic mass is 10.1. The summed E-state index contributed by atoms with van der Waals surface area (Å²) in [7, 11) is 0. The van der Waals surface area contributed by atoms with E-state index in [1.807, 2.05) is 0 Å². The fourth-order valence-corrected chi connectivity index (χ4v) is 5.06. The first kappa shape index (κ1) is 31.2. The van der Waals surface area contributed by atoms with Crippen LogP contribution in [0.15, 0.2) is 36.4 Å². The fraction of sp³-hybridized carbons (Fsp3) is 0.320. The average molecular weight is 605 g/mol. The van der Waals surface area contributed by atoms with Gasteiger partial charge in [-0.25, -0.2) is 14.6 Å². The fourth-order valence-electron chi connectivity index (χ4n) is 3.41. The normalized spacial score (nSPS) is 18.3. The Morgan fingerprint density at radius 3 is 1.71 bits per heavy atom. The predicted molar refractivity (Wildman–Crippen MR) is 147 cm³/mol. The number of aromatic nitrogens is 1. The second-order valence-corrected chi connectivity index (χ2v) is 10.2. The number of nitro benzene ring substituents is 1. The number of hydrogen-bond acceptors (Lipinski definition) is 13. The molecule has 41 heavy (non-hydrogen) atoms. The van der Waals surface area contributed by atoms with Crippen LogP contribution in [0.3, 0.4) is 0 Å². The molecule has 1 aliphatic heterocycles. The lowest BCUT2D eigenvalue weighted by Crippen LogP contribution is -2.45. The van der Waals surface area contributed by atoms with Crippen LogP contribution in [-0.4, -0.2) is 80.7 Å². The minimum Gasteiger partial charge on any atom is -0.464 e. The number of ether oxygens (including phenoxy) is 2. The molecular weight excluding hydrogens is 580 g/mol. The van der Waals surface area contributed by atoms with Crippen molar-refractivity contribution >= 4 is 63.2 Å². The molecule has 2 amide bonds. The molecule has 4 bridgehead atoms. The highest BCUT2D eigenvalue weighted by atomic mass is 32.2. The summed E-state index contributed by atoms with van der Waals surface area (Å²) in [6, 6.07) is 4.36. The van der Waals surface area contributed by atoms with Crippen molar-refractivity contribution in [3.05, 3.63) is 69.0 Å². The maximum absolute atomic E-state index is 13.0. The van der Waals surface area contributed by atoms with Gasteiger partial charge in [0, 0.05) is 34.8 Å².